The first-order valence-electron chi connectivity index (χ1n) is 9.09. The molecule has 1 heterocycles. The average Bonchev–Trinajstić information content (AvgIpc) is 3.46. The van der Waals surface area contributed by atoms with Crippen molar-refractivity contribution in [2.75, 3.05) is 0 Å². The van der Waals surface area contributed by atoms with E-state index in [4.69, 9.17) is 5.73 Å². The van der Waals surface area contributed by atoms with Gasteiger partial charge in [-0.05, 0) is 41.2 Å². The van der Waals surface area contributed by atoms with Crippen molar-refractivity contribution in [2.45, 2.75) is 37.5 Å². The lowest BCUT2D eigenvalue weighted by Gasteiger charge is -2.35. The van der Waals surface area contributed by atoms with Crippen molar-refractivity contribution in [3.8, 4) is 0 Å². The van der Waals surface area contributed by atoms with E-state index in [2.05, 4.69) is 0 Å². The summed E-state index contributed by atoms with van der Waals surface area (Å²) in [6.45, 7) is 0.318. The molecular formula is C21H19F3N2O2. The zero-order chi connectivity index (χ0) is 20.1. The van der Waals surface area contributed by atoms with Crippen LogP contribution in [0.25, 0.3) is 0 Å². The SMILES string of the molecule is NC(=O)[C@@H]1Cc2ccccc2CN1C(=O)[C@@H]1C[C@@H]1c1ccc(C(F)(F)F)cc1. The molecule has 0 unspecified atom stereocenters. The van der Waals surface area contributed by atoms with Gasteiger partial charge in [0, 0.05) is 18.9 Å². The molecule has 1 aliphatic heterocycles. The number of halogens is 3. The molecule has 0 aromatic heterocycles. The van der Waals surface area contributed by atoms with Gasteiger partial charge in [-0.15, -0.1) is 0 Å². The maximum absolute atomic E-state index is 13.0. The molecule has 1 fully saturated rings. The van der Waals surface area contributed by atoms with Gasteiger partial charge < -0.3 is 10.6 Å². The fraction of sp³-hybridized carbons (Fsp3) is 0.333. The molecular weight excluding hydrogens is 369 g/mol. The summed E-state index contributed by atoms with van der Waals surface area (Å²) in [5, 5.41) is 0. The third-order valence-corrected chi connectivity index (χ3v) is 5.63. The zero-order valence-corrected chi connectivity index (χ0v) is 14.9. The second-order valence-electron chi connectivity index (χ2n) is 7.43. The van der Waals surface area contributed by atoms with Crippen LogP contribution in [0.5, 0.6) is 0 Å². The van der Waals surface area contributed by atoms with Gasteiger partial charge >= 0.3 is 6.18 Å². The predicted octanol–water partition coefficient (Wildman–Crippen LogP) is 3.25. The number of alkyl halides is 3. The Morgan fingerprint density at radius 1 is 1.00 bits per heavy atom. The summed E-state index contributed by atoms with van der Waals surface area (Å²) in [6.07, 6.45) is -3.43. The van der Waals surface area contributed by atoms with Crippen molar-refractivity contribution in [2.24, 2.45) is 11.7 Å². The first-order valence-corrected chi connectivity index (χ1v) is 9.09. The molecule has 2 aromatic rings. The number of amides is 2. The Morgan fingerprint density at radius 3 is 2.25 bits per heavy atom. The van der Waals surface area contributed by atoms with E-state index in [0.29, 0.717) is 24.9 Å². The van der Waals surface area contributed by atoms with Crippen LogP contribution >= 0.6 is 0 Å². The molecule has 0 spiro atoms. The standard InChI is InChI=1S/C21H19F3N2O2/c22-21(23,24)15-7-5-12(6-8-15)16-10-17(16)20(28)26-11-14-4-2-1-3-13(14)9-18(26)19(25)27/h1-8,16-18H,9-11H2,(H2,25,27)/t16-,17-,18+/m1/s1. The number of nitrogens with zero attached hydrogens (tertiary/aromatic N) is 1. The van der Waals surface area contributed by atoms with Crippen molar-refractivity contribution in [3.05, 3.63) is 70.8 Å². The van der Waals surface area contributed by atoms with Gasteiger partial charge in [-0.1, -0.05) is 36.4 Å². The van der Waals surface area contributed by atoms with Crippen LogP contribution in [0.15, 0.2) is 48.5 Å². The van der Waals surface area contributed by atoms with E-state index in [1.54, 1.807) is 0 Å². The van der Waals surface area contributed by atoms with Crippen LogP contribution in [0.3, 0.4) is 0 Å². The van der Waals surface area contributed by atoms with E-state index in [9.17, 15) is 22.8 Å². The summed E-state index contributed by atoms with van der Waals surface area (Å²) in [6, 6.07) is 11.9. The molecule has 0 bridgehead atoms. The fourth-order valence-electron chi connectivity index (χ4n) is 3.98. The summed E-state index contributed by atoms with van der Waals surface area (Å²) < 4.78 is 38.2. The van der Waals surface area contributed by atoms with Crippen LogP contribution in [-0.4, -0.2) is 22.8 Å². The number of hydrogen-bond acceptors (Lipinski definition) is 2. The highest BCUT2D eigenvalue weighted by atomic mass is 19.4. The maximum Gasteiger partial charge on any atom is 0.416 e. The zero-order valence-electron chi connectivity index (χ0n) is 14.9. The monoisotopic (exact) mass is 388 g/mol. The van der Waals surface area contributed by atoms with E-state index >= 15 is 0 Å². The summed E-state index contributed by atoms with van der Waals surface area (Å²) in [7, 11) is 0. The summed E-state index contributed by atoms with van der Waals surface area (Å²) >= 11 is 0. The van der Waals surface area contributed by atoms with E-state index in [0.717, 1.165) is 23.3 Å². The number of carbonyl (C=O) groups excluding carboxylic acids is 2. The normalized spacial score (nSPS) is 23.8. The molecule has 4 rings (SSSR count). The van der Waals surface area contributed by atoms with Gasteiger partial charge in [0.05, 0.1) is 5.56 Å². The third kappa shape index (κ3) is 3.37. The Labute approximate surface area is 160 Å². The van der Waals surface area contributed by atoms with Crippen LogP contribution in [0.2, 0.25) is 0 Å². The Kier molecular flexibility index (Phi) is 4.40. The minimum atomic E-state index is -4.38. The van der Waals surface area contributed by atoms with Crippen LogP contribution in [0.1, 0.15) is 34.6 Å². The second-order valence-corrected chi connectivity index (χ2v) is 7.43. The third-order valence-electron chi connectivity index (χ3n) is 5.63. The molecule has 2 aromatic carbocycles. The first kappa shape index (κ1) is 18.5. The van der Waals surface area contributed by atoms with E-state index in [1.807, 2.05) is 24.3 Å². The molecule has 0 saturated heterocycles. The number of benzene rings is 2. The Balaban J connectivity index is 1.51. The van der Waals surface area contributed by atoms with Gasteiger partial charge in [-0.2, -0.15) is 13.2 Å². The molecule has 1 saturated carbocycles. The van der Waals surface area contributed by atoms with Gasteiger partial charge in [0.1, 0.15) is 6.04 Å². The van der Waals surface area contributed by atoms with Crippen molar-refractivity contribution in [3.63, 3.8) is 0 Å². The lowest BCUT2D eigenvalue weighted by molar-refractivity contribution is -0.141. The van der Waals surface area contributed by atoms with Crippen molar-refractivity contribution >= 4 is 11.8 Å². The van der Waals surface area contributed by atoms with Crippen LogP contribution in [0, 0.1) is 5.92 Å². The van der Waals surface area contributed by atoms with Crippen molar-refractivity contribution in [1.29, 1.82) is 0 Å². The summed E-state index contributed by atoms with van der Waals surface area (Å²) in [5.74, 6) is -1.16. The summed E-state index contributed by atoms with van der Waals surface area (Å²) in [5.41, 5.74) is 7.53. The topological polar surface area (TPSA) is 63.4 Å². The smallest absolute Gasteiger partial charge is 0.368 e. The van der Waals surface area contributed by atoms with Crippen LogP contribution in [-0.2, 0) is 28.7 Å². The summed E-state index contributed by atoms with van der Waals surface area (Å²) in [4.78, 5) is 26.5. The number of fused-ring (bicyclic) bond motifs is 1. The van der Waals surface area contributed by atoms with Gasteiger partial charge in [-0.3, -0.25) is 9.59 Å². The van der Waals surface area contributed by atoms with E-state index in [-0.39, 0.29) is 17.7 Å². The quantitative estimate of drug-likeness (QED) is 0.877. The first-order chi connectivity index (χ1) is 13.3. The number of carbonyl (C=O) groups is 2. The van der Waals surface area contributed by atoms with Gasteiger partial charge in [0.2, 0.25) is 11.8 Å². The Morgan fingerprint density at radius 2 is 1.64 bits per heavy atom. The van der Waals surface area contributed by atoms with Gasteiger partial charge in [-0.25, -0.2) is 0 Å². The molecule has 146 valence electrons. The Bertz CT molecular complexity index is 924. The minimum absolute atomic E-state index is 0.125. The Hall–Kier alpha value is -2.83. The number of primary amides is 1. The second kappa shape index (κ2) is 6.65. The molecule has 0 radical (unpaired) electrons. The molecule has 2 N–H and O–H groups in total. The largest absolute Gasteiger partial charge is 0.416 e. The molecule has 7 heteroatoms. The molecule has 2 amide bonds. The lowest BCUT2D eigenvalue weighted by Crippen LogP contribution is -2.51. The van der Waals surface area contributed by atoms with Gasteiger partial charge in [0.25, 0.3) is 0 Å². The van der Waals surface area contributed by atoms with Crippen molar-refractivity contribution < 1.29 is 22.8 Å². The van der Waals surface area contributed by atoms with Gasteiger partial charge in [0.15, 0.2) is 0 Å². The van der Waals surface area contributed by atoms with E-state index < -0.39 is 23.7 Å². The maximum atomic E-state index is 13.0. The highest BCUT2D eigenvalue weighted by Crippen LogP contribution is 2.49. The predicted molar refractivity (Wildman–Crippen MR) is 96.0 cm³/mol. The van der Waals surface area contributed by atoms with E-state index in [1.165, 1.54) is 17.0 Å². The molecule has 1 aliphatic carbocycles. The van der Waals surface area contributed by atoms with Crippen LogP contribution in [0.4, 0.5) is 13.2 Å². The molecule has 2 aliphatic rings. The number of rotatable bonds is 3. The highest BCUT2D eigenvalue weighted by molar-refractivity contribution is 5.90. The molecule has 4 nitrogen and oxygen atoms in total. The van der Waals surface area contributed by atoms with Crippen LogP contribution < -0.4 is 5.73 Å². The minimum Gasteiger partial charge on any atom is -0.368 e. The van der Waals surface area contributed by atoms with Crippen molar-refractivity contribution in [1.82, 2.24) is 4.90 Å². The highest BCUT2D eigenvalue weighted by Gasteiger charge is 2.48. The number of nitrogens with two attached hydrogens (primary N) is 1. The molecule has 3 atom stereocenters. The fourth-order valence-corrected chi connectivity index (χ4v) is 3.98. The molecule has 28 heavy (non-hydrogen) atoms. The lowest BCUT2D eigenvalue weighted by atomic mass is 9.93. The number of hydrogen-bond donors (Lipinski definition) is 1. The average molecular weight is 388 g/mol.